The van der Waals surface area contributed by atoms with Crippen LogP contribution in [-0.2, 0) is 0 Å². The Morgan fingerprint density at radius 2 is 2.20 bits per heavy atom. The maximum Gasteiger partial charge on any atom is 0.258 e. The topological polar surface area (TPSA) is 66.0 Å². The Labute approximate surface area is 93.1 Å². The summed E-state index contributed by atoms with van der Waals surface area (Å²) in [6, 6.07) is 0. The molecule has 1 atom stereocenters. The van der Waals surface area contributed by atoms with Crippen LogP contribution in [0.15, 0.2) is 9.95 Å². The van der Waals surface area contributed by atoms with Gasteiger partial charge in [0.2, 0.25) is 5.88 Å². The lowest BCUT2D eigenvalue weighted by atomic mass is 10.0. The van der Waals surface area contributed by atoms with Crippen LogP contribution in [0.4, 0.5) is 0 Å². The first-order valence-corrected chi connectivity index (χ1v) is 6.04. The molecule has 1 aromatic rings. The quantitative estimate of drug-likeness (QED) is 0.612. The second kappa shape index (κ2) is 5.21. The highest BCUT2D eigenvalue weighted by molar-refractivity contribution is 7.99. The van der Waals surface area contributed by atoms with Gasteiger partial charge in [-0.05, 0) is 18.1 Å². The minimum Gasteiger partial charge on any atom is -0.493 e. The fraction of sp³-hybridized carbons (Fsp3) is 0.600. The Morgan fingerprint density at radius 1 is 1.53 bits per heavy atom. The van der Waals surface area contributed by atoms with Crippen molar-refractivity contribution < 1.29 is 5.11 Å². The molecule has 0 spiro atoms. The summed E-state index contributed by atoms with van der Waals surface area (Å²) in [5.74, 6) is 0.705. The second-order valence-corrected chi connectivity index (χ2v) is 4.60. The molecule has 0 bridgehead atoms. The first-order chi connectivity index (χ1) is 7.10. The molecule has 0 aliphatic heterocycles. The van der Waals surface area contributed by atoms with E-state index in [1.54, 1.807) is 0 Å². The van der Waals surface area contributed by atoms with E-state index in [1.165, 1.54) is 11.8 Å². The van der Waals surface area contributed by atoms with Gasteiger partial charge in [-0.1, -0.05) is 32.5 Å². The molecule has 1 heterocycles. The minimum absolute atomic E-state index is 0.0296. The summed E-state index contributed by atoms with van der Waals surface area (Å²) < 4.78 is 0. The zero-order valence-electron chi connectivity index (χ0n) is 9.20. The molecule has 0 saturated carbocycles. The lowest BCUT2D eigenvalue weighted by molar-refractivity contribution is 0.429. The number of nitrogens with one attached hydrogen (secondary N) is 1. The van der Waals surface area contributed by atoms with Gasteiger partial charge in [-0.3, -0.25) is 4.79 Å². The van der Waals surface area contributed by atoms with Crippen molar-refractivity contribution in [1.82, 2.24) is 9.97 Å². The van der Waals surface area contributed by atoms with Crippen LogP contribution in [0, 0.1) is 0 Å². The van der Waals surface area contributed by atoms with Crippen LogP contribution in [0.1, 0.15) is 38.7 Å². The van der Waals surface area contributed by atoms with Gasteiger partial charge < -0.3 is 10.1 Å². The van der Waals surface area contributed by atoms with Crippen LogP contribution in [0.2, 0.25) is 0 Å². The molecule has 5 heteroatoms. The SMILES string of the molecule is CCSc1nc(O)c(C(C)CC)c(=O)[nH]1. The van der Waals surface area contributed by atoms with Crippen molar-refractivity contribution in [3.63, 3.8) is 0 Å². The number of rotatable bonds is 4. The van der Waals surface area contributed by atoms with Gasteiger partial charge in [0.1, 0.15) is 0 Å². The number of aromatic hydroxyl groups is 1. The predicted molar refractivity (Wildman–Crippen MR) is 61.6 cm³/mol. The maximum atomic E-state index is 11.7. The number of aromatic amines is 1. The number of hydrogen-bond donors (Lipinski definition) is 2. The summed E-state index contributed by atoms with van der Waals surface area (Å²) in [6.45, 7) is 5.83. The molecule has 2 N–H and O–H groups in total. The molecular weight excluding hydrogens is 212 g/mol. The number of H-pyrrole nitrogens is 1. The van der Waals surface area contributed by atoms with Crippen molar-refractivity contribution in [2.75, 3.05) is 5.75 Å². The average Bonchev–Trinajstić information content (AvgIpc) is 2.16. The molecule has 15 heavy (non-hydrogen) atoms. The van der Waals surface area contributed by atoms with Crippen molar-refractivity contribution in [2.24, 2.45) is 0 Å². The Hall–Kier alpha value is -0.970. The smallest absolute Gasteiger partial charge is 0.258 e. The summed E-state index contributed by atoms with van der Waals surface area (Å²) >= 11 is 1.40. The molecule has 0 saturated heterocycles. The van der Waals surface area contributed by atoms with Gasteiger partial charge >= 0.3 is 0 Å². The fourth-order valence-electron chi connectivity index (χ4n) is 1.30. The van der Waals surface area contributed by atoms with E-state index in [-0.39, 0.29) is 17.4 Å². The third kappa shape index (κ3) is 2.75. The van der Waals surface area contributed by atoms with E-state index < -0.39 is 0 Å². The first kappa shape index (κ1) is 12.1. The number of hydrogen-bond acceptors (Lipinski definition) is 4. The molecule has 0 amide bonds. The highest BCUT2D eigenvalue weighted by Gasteiger charge is 2.15. The fourth-order valence-corrected chi connectivity index (χ4v) is 1.89. The maximum absolute atomic E-state index is 11.7. The van der Waals surface area contributed by atoms with Crippen LogP contribution < -0.4 is 5.56 Å². The number of nitrogens with zero attached hydrogens (tertiary/aromatic N) is 1. The van der Waals surface area contributed by atoms with E-state index in [0.717, 1.165) is 12.2 Å². The molecule has 0 aliphatic carbocycles. The van der Waals surface area contributed by atoms with E-state index >= 15 is 0 Å². The summed E-state index contributed by atoms with van der Waals surface area (Å²) in [5, 5.41) is 10.1. The Balaban J connectivity index is 3.15. The molecule has 1 rings (SSSR count). The molecule has 4 nitrogen and oxygen atoms in total. The zero-order chi connectivity index (χ0) is 11.4. The van der Waals surface area contributed by atoms with E-state index in [4.69, 9.17) is 0 Å². The number of aromatic nitrogens is 2. The highest BCUT2D eigenvalue weighted by atomic mass is 32.2. The molecule has 1 aromatic heterocycles. The van der Waals surface area contributed by atoms with Crippen LogP contribution in [-0.4, -0.2) is 20.8 Å². The van der Waals surface area contributed by atoms with Gasteiger partial charge in [0.25, 0.3) is 5.56 Å². The summed E-state index contributed by atoms with van der Waals surface area (Å²) in [5.41, 5.74) is 0.158. The Kier molecular flexibility index (Phi) is 4.20. The monoisotopic (exact) mass is 228 g/mol. The van der Waals surface area contributed by atoms with Crippen molar-refractivity contribution in [1.29, 1.82) is 0 Å². The standard InChI is InChI=1S/C10H16N2O2S/c1-4-6(3)7-8(13)11-10(15-5-2)12-9(7)14/h6H,4-5H2,1-3H3,(H2,11,12,13,14). The zero-order valence-corrected chi connectivity index (χ0v) is 10.0. The van der Waals surface area contributed by atoms with Crippen molar-refractivity contribution in [2.45, 2.75) is 38.3 Å². The van der Waals surface area contributed by atoms with Gasteiger partial charge in [0.15, 0.2) is 5.16 Å². The molecular formula is C10H16N2O2S. The first-order valence-electron chi connectivity index (χ1n) is 5.06. The summed E-state index contributed by atoms with van der Waals surface area (Å²) in [6.07, 6.45) is 0.804. The van der Waals surface area contributed by atoms with Crippen LogP contribution in [0.5, 0.6) is 5.88 Å². The molecule has 84 valence electrons. The molecule has 0 aromatic carbocycles. The lowest BCUT2D eigenvalue weighted by Crippen LogP contribution is -2.17. The summed E-state index contributed by atoms with van der Waals surface area (Å²) in [7, 11) is 0. The van der Waals surface area contributed by atoms with E-state index in [0.29, 0.717) is 10.7 Å². The van der Waals surface area contributed by atoms with Gasteiger partial charge in [-0.25, -0.2) is 0 Å². The Bertz CT molecular complexity index is 389. The summed E-state index contributed by atoms with van der Waals surface area (Å²) in [4.78, 5) is 18.3. The minimum atomic E-state index is -0.229. The molecule has 0 radical (unpaired) electrons. The highest BCUT2D eigenvalue weighted by Crippen LogP contribution is 2.23. The van der Waals surface area contributed by atoms with Crippen molar-refractivity contribution in [3.05, 3.63) is 15.9 Å². The molecule has 0 fully saturated rings. The van der Waals surface area contributed by atoms with Crippen molar-refractivity contribution >= 4 is 11.8 Å². The third-order valence-corrected chi connectivity index (χ3v) is 3.06. The van der Waals surface area contributed by atoms with Crippen molar-refractivity contribution in [3.8, 4) is 5.88 Å². The largest absolute Gasteiger partial charge is 0.493 e. The van der Waals surface area contributed by atoms with E-state index in [2.05, 4.69) is 9.97 Å². The lowest BCUT2D eigenvalue weighted by Gasteiger charge is -2.09. The second-order valence-electron chi connectivity index (χ2n) is 3.35. The van der Waals surface area contributed by atoms with Gasteiger partial charge in [-0.2, -0.15) is 4.98 Å². The molecule has 0 aliphatic rings. The van der Waals surface area contributed by atoms with Gasteiger partial charge in [0.05, 0.1) is 5.56 Å². The average molecular weight is 228 g/mol. The van der Waals surface area contributed by atoms with Gasteiger partial charge in [0, 0.05) is 0 Å². The van der Waals surface area contributed by atoms with Gasteiger partial charge in [-0.15, -0.1) is 0 Å². The number of thioether (sulfide) groups is 1. The van der Waals surface area contributed by atoms with E-state index in [9.17, 15) is 9.90 Å². The van der Waals surface area contributed by atoms with Crippen LogP contribution in [0.3, 0.4) is 0 Å². The molecule has 1 unspecified atom stereocenters. The predicted octanol–water partition coefficient (Wildman–Crippen LogP) is 2.10. The Morgan fingerprint density at radius 3 is 2.67 bits per heavy atom. The third-order valence-electron chi connectivity index (χ3n) is 2.30. The normalized spacial score (nSPS) is 12.7. The van der Waals surface area contributed by atoms with Crippen LogP contribution in [0.25, 0.3) is 0 Å². The van der Waals surface area contributed by atoms with E-state index in [1.807, 2.05) is 20.8 Å². The van der Waals surface area contributed by atoms with Crippen LogP contribution >= 0.6 is 11.8 Å².